The van der Waals surface area contributed by atoms with Gasteiger partial charge in [-0.25, -0.2) is 4.99 Å². The maximum Gasteiger partial charge on any atom is 0.104 e. The number of nitrogens with two attached hydrogens (primary N) is 1. The van der Waals surface area contributed by atoms with Crippen LogP contribution in [-0.4, -0.2) is 23.8 Å². The van der Waals surface area contributed by atoms with Gasteiger partial charge in [0.05, 0.1) is 5.70 Å². The van der Waals surface area contributed by atoms with Crippen LogP contribution in [0.2, 0.25) is 0 Å². The zero-order valence-corrected chi connectivity index (χ0v) is 21.1. The number of hydrogen-bond acceptors (Lipinski definition) is 3. The molecule has 1 aliphatic heterocycles. The maximum atomic E-state index is 6.42. The summed E-state index contributed by atoms with van der Waals surface area (Å²) in [4.78, 5) is 7.26. The lowest BCUT2D eigenvalue weighted by Crippen LogP contribution is -2.30. The molecule has 0 radical (unpaired) electrons. The molecular formula is C30H41N3. The van der Waals surface area contributed by atoms with Crippen LogP contribution in [-0.2, 0) is 0 Å². The number of benzene rings is 1. The topological polar surface area (TPSA) is 41.6 Å². The normalized spacial score (nSPS) is 15.3. The molecule has 1 aromatic rings. The predicted octanol–water partition coefficient (Wildman–Crippen LogP) is 7.52. The lowest BCUT2D eigenvalue weighted by Gasteiger charge is -2.30. The molecular weight excluding hydrogens is 402 g/mol. The van der Waals surface area contributed by atoms with E-state index in [0.29, 0.717) is 18.2 Å². The van der Waals surface area contributed by atoms with Gasteiger partial charge >= 0.3 is 0 Å². The number of rotatable bonds is 11. The maximum absolute atomic E-state index is 6.42. The number of nitrogens with zero attached hydrogens (tertiary/aromatic N) is 2. The minimum atomic E-state index is 0.596. The second kappa shape index (κ2) is 13.5. The van der Waals surface area contributed by atoms with Crippen LogP contribution in [0.1, 0.15) is 65.0 Å². The second-order valence-electron chi connectivity index (χ2n) is 8.83. The first-order valence-electron chi connectivity index (χ1n) is 12.2. The molecule has 0 saturated carbocycles. The zero-order valence-electron chi connectivity index (χ0n) is 21.1. The van der Waals surface area contributed by atoms with Crippen LogP contribution in [0.5, 0.6) is 0 Å². The molecule has 1 heterocycles. The van der Waals surface area contributed by atoms with Crippen LogP contribution in [0.3, 0.4) is 0 Å². The van der Waals surface area contributed by atoms with Crippen LogP contribution in [0, 0.1) is 5.92 Å². The molecule has 1 aromatic carbocycles. The molecule has 3 heteroatoms. The van der Waals surface area contributed by atoms with Gasteiger partial charge in [-0.3, -0.25) is 0 Å². The predicted molar refractivity (Wildman–Crippen MR) is 147 cm³/mol. The molecule has 0 fully saturated rings. The molecule has 0 atom stereocenters. The van der Waals surface area contributed by atoms with Crippen LogP contribution in [0.4, 0.5) is 0 Å². The molecule has 3 nitrogen and oxygen atoms in total. The Morgan fingerprint density at radius 3 is 2.48 bits per heavy atom. The molecule has 0 saturated heterocycles. The molecule has 0 amide bonds. The Bertz CT molecular complexity index is 966. The van der Waals surface area contributed by atoms with Crippen LogP contribution < -0.4 is 5.73 Å². The number of allylic oxidation sites excluding steroid dienone is 8. The largest absolute Gasteiger partial charge is 0.387 e. The van der Waals surface area contributed by atoms with E-state index >= 15 is 0 Å². The summed E-state index contributed by atoms with van der Waals surface area (Å²) in [5.41, 5.74) is 13.2. The fraction of sp³-hybridized carbons (Fsp3) is 0.367. The van der Waals surface area contributed by atoms with Crippen molar-refractivity contribution in [3.05, 3.63) is 95.4 Å². The van der Waals surface area contributed by atoms with Gasteiger partial charge in [0, 0.05) is 25.2 Å². The molecule has 2 N–H and O–H groups in total. The van der Waals surface area contributed by atoms with Crippen molar-refractivity contribution in [2.24, 2.45) is 16.6 Å². The van der Waals surface area contributed by atoms with E-state index < -0.39 is 0 Å². The van der Waals surface area contributed by atoms with Crippen LogP contribution >= 0.6 is 0 Å². The molecule has 0 bridgehead atoms. The highest BCUT2D eigenvalue weighted by atomic mass is 15.1. The van der Waals surface area contributed by atoms with Gasteiger partial charge < -0.3 is 10.6 Å². The fourth-order valence-corrected chi connectivity index (χ4v) is 3.99. The van der Waals surface area contributed by atoms with Crippen molar-refractivity contribution in [1.29, 1.82) is 0 Å². The van der Waals surface area contributed by atoms with Gasteiger partial charge in [0.1, 0.15) is 5.84 Å². The quantitative estimate of drug-likeness (QED) is 0.359. The number of hydrogen-bond donors (Lipinski definition) is 1. The third-order valence-corrected chi connectivity index (χ3v) is 5.38. The first kappa shape index (κ1) is 26.2. The average Bonchev–Trinajstić information content (AvgIpc) is 2.97. The Balaban J connectivity index is 2.47. The second-order valence-corrected chi connectivity index (χ2v) is 8.83. The summed E-state index contributed by atoms with van der Waals surface area (Å²) in [7, 11) is 0. The Morgan fingerprint density at radius 1 is 1.18 bits per heavy atom. The molecule has 0 unspecified atom stereocenters. The van der Waals surface area contributed by atoms with E-state index in [2.05, 4.69) is 99.9 Å². The highest BCUT2D eigenvalue weighted by Crippen LogP contribution is 2.26. The van der Waals surface area contributed by atoms with Crippen molar-refractivity contribution in [2.75, 3.05) is 13.1 Å². The van der Waals surface area contributed by atoms with E-state index in [1.54, 1.807) is 0 Å². The highest BCUT2D eigenvalue weighted by molar-refractivity contribution is 5.86. The zero-order chi connectivity index (χ0) is 24.2. The summed E-state index contributed by atoms with van der Waals surface area (Å²) in [6.45, 7) is 16.9. The molecule has 0 aromatic heterocycles. The monoisotopic (exact) mass is 443 g/mol. The van der Waals surface area contributed by atoms with Crippen molar-refractivity contribution in [2.45, 2.75) is 53.9 Å². The van der Waals surface area contributed by atoms with Crippen LogP contribution in [0.15, 0.2) is 89.3 Å². The molecule has 176 valence electrons. The van der Waals surface area contributed by atoms with Gasteiger partial charge in [-0.1, -0.05) is 88.9 Å². The van der Waals surface area contributed by atoms with Crippen molar-refractivity contribution in [3.63, 3.8) is 0 Å². The molecule has 0 aliphatic carbocycles. The average molecular weight is 444 g/mol. The third kappa shape index (κ3) is 8.09. The summed E-state index contributed by atoms with van der Waals surface area (Å²) in [6.07, 6.45) is 17.5. The lowest BCUT2D eigenvalue weighted by atomic mass is 10.0. The first-order valence-corrected chi connectivity index (χ1v) is 12.2. The van der Waals surface area contributed by atoms with Crippen molar-refractivity contribution < 1.29 is 0 Å². The Morgan fingerprint density at radius 2 is 1.91 bits per heavy atom. The van der Waals surface area contributed by atoms with Gasteiger partial charge in [-0.2, -0.15) is 0 Å². The van der Waals surface area contributed by atoms with E-state index in [9.17, 15) is 0 Å². The third-order valence-electron chi connectivity index (χ3n) is 5.38. The first-order chi connectivity index (χ1) is 15.9. The van der Waals surface area contributed by atoms with Gasteiger partial charge in [0.15, 0.2) is 0 Å². The van der Waals surface area contributed by atoms with E-state index in [1.807, 2.05) is 13.0 Å². The Kier molecular flexibility index (Phi) is 10.7. The summed E-state index contributed by atoms with van der Waals surface area (Å²) in [6, 6.07) is 8.39. The summed E-state index contributed by atoms with van der Waals surface area (Å²) in [5.74, 6) is 1.24. The van der Waals surface area contributed by atoms with Gasteiger partial charge in [-0.05, 0) is 60.1 Å². The smallest absolute Gasteiger partial charge is 0.104 e. The molecule has 33 heavy (non-hydrogen) atoms. The minimum Gasteiger partial charge on any atom is -0.387 e. The SMILES string of the molecule is C=Cc1ccc(C(/C=C\C)=C/C2=CC=C(/C(=C/CC)N(CCC)CC(C)C)CC(N)=N2)cc1. The van der Waals surface area contributed by atoms with Crippen molar-refractivity contribution >= 4 is 17.5 Å². The van der Waals surface area contributed by atoms with E-state index in [-0.39, 0.29) is 0 Å². The summed E-state index contributed by atoms with van der Waals surface area (Å²) >= 11 is 0. The number of aliphatic imine (C=N–C) groups is 1. The van der Waals surface area contributed by atoms with Gasteiger partial charge in [-0.15, -0.1) is 0 Å². The Labute approximate surface area is 201 Å². The fourth-order valence-electron chi connectivity index (χ4n) is 3.99. The molecule has 1 aliphatic rings. The minimum absolute atomic E-state index is 0.596. The number of amidine groups is 1. The van der Waals surface area contributed by atoms with Crippen molar-refractivity contribution in [1.82, 2.24) is 4.90 Å². The van der Waals surface area contributed by atoms with Gasteiger partial charge in [0.25, 0.3) is 0 Å². The summed E-state index contributed by atoms with van der Waals surface area (Å²) < 4.78 is 0. The Hall–Kier alpha value is -3.07. The van der Waals surface area contributed by atoms with E-state index in [0.717, 1.165) is 48.3 Å². The lowest BCUT2D eigenvalue weighted by molar-refractivity contribution is 0.308. The van der Waals surface area contributed by atoms with Crippen LogP contribution in [0.25, 0.3) is 11.6 Å². The highest BCUT2D eigenvalue weighted by Gasteiger charge is 2.17. The molecule has 2 rings (SSSR count). The van der Waals surface area contributed by atoms with Crippen molar-refractivity contribution in [3.8, 4) is 0 Å². The van der Waals surface area contributed by atoms with Gasteiger partial charge in [0.2, 0.25) is 0 Å². The van der Waals surface area contributed by atoms with E-state index in [4.69, 9.17) is 10.7 Å². The summed E-state index contributed by atoms with van der Waals surface area (Å²) in [5, 5.41) is 0. The standard InChI is InChI=1S/C30H41N3/c1-7-11-26(25-15-13-24(10-4)14-16-25)20-28-18-17-27(21-30(31)32-28)29(12-8-2)33(19-9-3)22-23(5)6/h7,10-18,20,23H,4,8-9,19,21-22H2,1-3,5-6H3,(H2,31,32)/b11-7-,26-20+,29-12-. The molecule has 0 spiro atoms. The van der Waals surface area contributed by atoms with E-state index in [1.165, 1.54) is 11.3 Å².